The Morgan fingerprint density at radius 2 is 1.71 bits per heavy atom. The molecule has 21 heavy (non-hydrogen) atoms. The third-order valence-electron chi connectivity index (χ3n) is 3.97. The molecule has 3 nitrogen and oxygen atoms in total. The van der Waals surface area contributed by atoms with E-state index in [0.717, 1.165) is 31.1 Å². The van der Waals surface area contributed by atoms with E-state index in [1.165, 1.54) is 16.1 Å². The first-order chi connectivity index (χ1) is 10.1. The van der Waals surface area contributed by atoms with Crippen molar-refractivity contribution in [2.75, 3.05) is 31.1 Å². The molecule has 0 unspecified atom stereocenters. The average Bonchev–Trinajstić information content (AvgIpc) is 2.94. The molecule has 0 saturated carbocycles. The minimum absolute atomic E-state index is 0.178. The monoisotopic (exact) mass is 300 g/mol. The molecule has 2 heterocycles. The molecule has 1 aliphatic heterocycles. The van der Waals surface area contributed by atoms with Crippen molar-refractivity contribution in [3.05, 3.63) is 51.7 Å². The lowest BCUT2D eigenvalue weighted by Crippen LogP contribution is -2.48. The van der Waals surface area contributed by atoms with Crippen LogP contribution in [0.5, 0.6) is 0 Å². The number of para-hydroxylation sites is 1. The van der Waals surface area contributed by atoms with Crippen LogP contribution in [0.2, 0.25) is 0 Å². The number of aryl methyl sites for hydroxylation is 2. The molecule has 4 heteroatoms. The van der Waals surface area contributed by atoms with Gasteiger partial charge in [0, 0.05) is 36.7 Å². The lowest BCUT2D eigenvalue weighted by Gasteiger charge is -2.36. The second-order valence-electron chi connectivity index (χ2n) is 5.48. The number of anilines is 1. The Morgan fingerprint density at radius 1 is 1.00 bits per heavy atom. The maximum Gasteiger partial charge on any atom is 0.264 e. The summed E-state index contributed by atoms with van der Waals surface area (Å²) >= 11 is 1.58. The number of piperazine rings is 1. The van der Waals surface area contributed by atoms with Crippen molar-refractivity contribution in [2.45, 2.75) is 13.8 Å². The van der Waals surface area contributed by atoms with Crippen molar-refractivity contribution in [3.63, 3.8) is 0 Å². The van der Waals surface area contributed by atoms with Gasteiger partial charge in [-0.25, -0.2) is 0 Å². The molecule has 0 N–H and O–H groups in total. The summed E-state index contributed by atoms with van der Waals surface area (Å²) in [4.78, 5) is 18.8. The highest BCUT2D eigenvalue weighted by Gasteiger charge is 2.23. The third kappa shape index (κ3) is 2.95. The fourth-order valence-corrected chi connectivity index (χ4v) is 3.61. The standard InChI is InChI=1S/C17H20N2OS/c1-13-5-3-4-6-15(13)18-9-11-19(12-10-18)17(20)16-8-7-14(2)21-16/h3-8H,9-12H2,1-2H3. The number of thiophene rings is 1. The fourth-order valence-electron chi connectivity index (χ4n) is 2.77. The quantitative estimate of drug-likeness (QED) is 0.849. The Kier molecular flexibility index (Phi) is 3.97. The van der Waals surface area contributed by atoms with Gasteiger partial charge in [0.2, 0.25) is 0 Å². The van der Waals surface area contributed by atoms with Crippen molar-refractivity contribution in [1.29, 1.82) is 0 Å². The van der Waals surface area contributed by atoms with Crippen LogP contribution in [-0.2, 0) is 0 Å². The molecule has 110 valence electrons. The van der Waals surface area contributed by atoms with Gasteiger partial charge in [-0.1, -0.05) is 18.2 Å². The van der Waals surface area contributed by atoms with Gasteiger partial charge in [-0.2, -0.15) is 0 Å². The number of rotatable bonds is 2. The van der Waals surface area contributed by atoms with Gasteiger partial charge in [0.25, 0.3) is 5.91 Å². The third-order valence-corrected chi connectivity index (χ3v) is 4.96. The van der Waals surface area contributed by atoms with Crippen LogP contribution in [0, 0.1) is 13.8 Å². The first kappa shape index (κ1) is 14.1. The summed E-state index contributed by atoms with van der Waals surface area (Å²) in [5, 5.41) is 0. The van der Waals surface area contributed by atoms with E-state index in [-0.39, 0.29) is 5.91 Å². The van der Waals surface area contributed by atoms with Crippen LogP contribution in [0.25, 0.3) is 0 Å². The number of nitrogens with zero attached hydrogens (tertiary/aromatic N) is 2. The molecule has 0 spiro atoms. The Morgan fingerprint density at radius 3 is 2.33 bits per heavy atom. The Bertz CT molecular complexity index is 642. The first-order valence-corrected chi connectivity index (χ1v) is 8.13. The van der Waals surface area contributed by atoms with E-state index < -0.39 is 0 Å². The van der Waals surface area contributed by atoms with E-state index in [9.17, 15) is 4.79 Å². The van der Waals surface area contributed by atoms with E-state index in [4.69, 9.17) is 0 Å². The molecule has 2 aromatic rings. The van der Waals surface area contributed by atoms with E-state index >= 15 is 0 Å². The van der Waals surface area contributed by atoms with Gasteiger partial charge in [-0.3, -0.25) is 4.79 Å². The number of carbonyl (C=O) groups excluding carboxylic acids is 1. The predicted molar refractivity (Wildman–Crippen MR) is 88.4 cm³/mol. The zero-order valence-corrected chi connectivity index (χ0v) is 13.3. The maximum atomic E-state index is 12.4. The molecular weight excluding hydrogens is 280 g/mol. The van der Waals surface area contributed by atoms with Crippen LogP contribution in [0.15, 0.2) is 36.4 Å². The zero-order chi connectivity index (χ0) is 14.8. The van der Waals surface area contributed by atoms with Gasteiger partial charge in [-0.05, 0) is 37.6 Å². The largest absolute Gasteiger partial charge is 0.368 e. The van der Waals surface area contributed by atoms with E-state index in [1.807, 2.05) is 24.0 Å². The van der Waals surface area contributed by atoms with Gasteiger partial charge in [0.1, 0.15) is 0 Å². The lowest BCUT2D eigenvalue weighted by molar-refractivity contribution is 0.0751. The molecule has 0 aliphatic carbocycles. The van der Waals surface area contributed by atoms with Crippen LogP contribution < -0.4 is 4.90 Å². The number of benzene rings is 1. The second-order valence-corrected chi connectivity index (χ2v) is 6.76. The van der Waals surface area contributed by atoms with Crippen LogP contribution in [0.1, 0.15) is 20.1 Å². The highest BCUT2D eigenvalue weighted by Crippen LogP contribution is 2.22. The van der Waals surface area contributed by atoms with Crippen molar-refractivity contribution < 1.29 is 4.79 Å². The van der Waals surface area contributed by atoms with Gasteiger partial charge >= 0.3 is 0 Å². The summed E-state index contributed by atoms with van der Waals surface area (Å²) < 4.78 is 0. The minimum atomic E-state index is 0.178. The summed E-state index contributed by atoms with van der Waals surface area (Å²) in [7, 11) is 0. The molecule has 1 saturated heterocycles. The van der Waals surface area contributed by atoms with E-state index in [1.54, 1.807) is 11.3 Å². The number of hydrogen-bond donors (Lipinski definition) is 0. The topological polar surface area (TPSA) is 23.6 Å². The van der Waals surface area contributed by atoms with Crippen molar-refractivity contribution in [1.82, 2.24) is 4.90 Å². The van der Waals surface area contributed by atoms with Gasteiger partial charge in [0.15, 0.2) is 0 Å². The minimum Gasteiger partial charge on any atom is -0.368 e. The van der Waals surface area contributed by atoms with Gasteiger partial charge in [-0.15, -0.1) is 11.3 Å². The van der Waals surface area contributed by atoms with Crippen LogP contribution in [-0.4, -0.2) is 37.0 Å². The van der Waals surface area contributed by atoms with E-state index in [0.29, 0.717) is 0 Å². The Hall–Kier alpha value is -1.81. The highest BCUT2D eigenvalue weighted by molar-refractivity contribution is 7.13. The van der Waals surface area contributed by atoms with Crippen molar-refractivity contribution >= 4 is 22.9 Å². The van der Waals surface area contributed by atoms with Crippen molar-refractivity contribution in [2.24, 2.45) is 0 Å². The smallest absolute Gasteiger partial charge is 0.264 e. The molecule has 0 radical (unpaired) electrons. The molecule has 1 amide bonds. The number of amides is 1. The van der Waals surface area contributed by atoms with E-state index in [2.05, 4.69) is 36.1 Å². The molecule has 1 aromatic heterocycles. The highest BCUT2D eigenvalue weighted by atomic mass is 32.1. The normalized spacial score (nSPS) is 15.3. The molecule has 0 bridgehead atoms. The summed E-state index contributed by atoms with van der Waals surface area (Å²) in [5.74, 6) is 0.178. The summed E-state index contributed by atoms with van der Waals surface area (Å²) in [6, 6.07) is 12.4. The molecule has 0 atom stereocenters. The molecule has 1 aliphatic rings. The van der Waals surface area contributed by atoms with Crippen LogP contribution in [0.4, 0.5) is 5.69 Å². The zero-order valence-electron chi connectivity index (χ0n) is 12.5. The van der Waals surface area contributed by atoms with Crippen LogP contribution >= 0.6 is 11.3 Å². The van der Waals surface area contributed by atoms with Gasteiger partial charge in [0.05, 0.1) is 4.88 Å². The molecule has 1 aromatic carbocycles. The summed E-state index contributed by atoms with van der Waals surface area (Å²) in [6.45, 7) is 7.58. The molecule has 3 rings (SSSR count). The lowest BCUT2D eigenvalue weighted by atomic mass is 10.1. The molecular formula is C17H20N2OS. The summed E-state index contributed by atoms with van der Waals surface area (Å²) in [6.07, 6.45) is 0. The Balaban J connectivity index is 1.65. The maximum absolute atomic E-state index is 12.4. The number of hydrogen-bond acceptors (Lipinski definition) is 3. The van der Waals surface area contributed by atoms with Crippen LogP contribution in [0.3, 0.4) is 0 Å². The second kappa shape index (κ2) is 5.90. The predicted octanol–water partition coefficient (Wildman–Crippen LogP) is 3.33. The van der Waals surface area contributed by atoms with Crippen molar-refractivity contribution in [3.8, 4) is 0 Å². The van der Waals surface area contributed by atoms with Gasteiger partial charge < -0.3 is 9.80 Å². The summed E-state index contributed by atoms with van der Waals surface area (Å²) in [5.41, 5.74) is 2.59. The first-order valence-electron chi connectivity index (χ1n) is 7.31. The Labute approximate surface area is 129 Å². The average molecular weight is 300 g/mol. The number of carbonyl (C=O) groups is 1. The molecule has 1 fully saturated rings. The fraction of sp³-hybridized carbons (Fsp3) is 0.353. The SMILES string of the molecule is Cc1ccc(C(=O)N2CCN(c3ccccc3C)CC2)s1.